The zero-order valence-electron chi connectivity index (χ0n) is 12.2. The molecule has 2 unspecified atom stereocenters. The number of rotatable bonds is 4. The minimum absolute atomic E-state index is 0.116. The van der Waals surface area contributed by atoms with Gasteiger partial charge in [0.25, 0.3) is 0 Å². The van der Waals surface area contributed by atoms with Crippen LogP contribution in [0.5, 0.6) is 0 Å². The Kier molecular flexibility index (Phi) is 5.24. The van der Waals surface area contributed by atoms with E-state index in [1.165, 1.54) is 44.9 Å². The molecule has 1 aromatic rings. The minimum atomic E-state index is -0.116. The van der Waals surface area contributed by atoms with E-state index in [0.717, 1.165) is 11.5 Å². The summed E-state index contributed by atoms with van der Waals surface area (Å²) in [6, 6.07) is 5.74. The van der Waals surface area contributed by atoms with Crippen LogP contribution < -0.4 is 5.32 Å². The Morgan fingerprint density at radius 2 is 2.05 bits per heavy atom. The Hall–Kier alpha value is -1.05. The van der Waals surface area contributed by atoms with Gasteiger partial charge in [0.05, 0.1) is 5.69 Å². The SMILES string of the molecule is CCCC1CCCC(Nc2c(C)cccc2F)CC1. The van der Waals surface area contributed by atoms with E-state index >= 15 is 0 Å². The highest BCUT2D eigenvalue weighted by atomic mass is 19.1. The molecule has 0 heterocycles. The first kappa shape index (κ1) is 14.4. The molecule has 2 atom stereocenters. The van der Waals surface area contributed by atoms with Crippen molar-refractivity contribution in [3.63, 3.8) is 0 Å². The van der Waals surface area contributed by atoms with Crippen LogP contribution >= 0.6 is 0 Å². The first-order valence-corrected chi connectivity index (χ1v) is 7.72. The van der Waals surface area contributed by atoms with Gasteiger partial charge in [-0.1, -0.05) is 44.7 Å². The molecule has 106 valence electrons. The van der Waals surface area contributed by atoms with Crippen molar-refractivity contribution in [3.8, 4) is 0 Å². The molecule has 0 amide bonds. The zero-order chi connectivity index (χ0) is 13.7. The molecule has 2 heteroatoms. The summed E-state index contributed by atoms with van der Waals surface area (Å²) in [6.07, 6.45) is 8.91. The third kappa shape index (κ3) is 3.95. The lowest BCUT2D eigenvalue weighted by molar-refractivity contribution is 0.422. The van der Waals surface area contributed by atoms with Gasteiger partial charge in [0.15, 0.2) is 0 Å². The van der Waals surface area contributed by atoms with Crippen molar-refractivity contribution in [1.29, 1.82) is 0 Å². The van der Waals surface area contributed by atoms with Gasteiger partial charge in [0, 0.05) is 6.04 Å². The fourth-order valence-electron chi connectivity index (χ4n) is 3.24. The predicted octanol–water partition coefficient (Wildman–Crippen LogP) is 5.30. The van der Waals surface area contributed by atoms with Crippen LogP contribution in [0.25, 0.3) is 0 Å². The number of nitrogens with one attached hydrogen (secondary N) is 1. The van der Waals surface area contributed by atoms with Crippen molar-refractivity contribution in [2.45, 2.75) is 64.8 Å². The highest BCUT2D eigenvalue weighted by Gasteiger charge is 2.19. The molecule has 0 aromatic heterocycles. The second-order valence-corrected chi connectivity index (χ2v) is 5.94. The molecule has 1 saturated carbocycles. The monoisotopic (exact) mass is 263 g/mol. The van der Waals surface area contributed by atoms with Crippen LogP contribution in [0.1, 0.15) is 57.4 Å². The maximum atomic E-state index is 13.8. The molecule has 19 heavy (non-hydrogen) atoms. The molecule has 0 radical (unpaired) electrons. The number of benzene rings is 1. The summed E-state index contributed by atoms with van der Waals surface area (Å²) >= 11 is 0. The summed E-state index contributed by atoms with van der Waals surface area (Å²) in [5, 5.41) is 3.45. The van der Waals surface area contributed by atoms with Gasteiger partial charge in [0.1, 0.15) is 5.82 Å². The van der Waals surface area contributed by atoms with E-state index in [2.05, 4.69) is 12.2 Å². The number of para-hydroxylation sites is 1. The molecule has 0 spiro atoms. The van der Waals surface area contributed by atoms with E-state index in [1.54, 1.807) is 12.1 Å². The predicted molar refractivity (Wildman–Crippen MR) is 80.0 cm³/mol. The number of anilines is 1. The van der Waals surface area contributed by atoms with Crippen LogP contribution in [-0.2, 0) is 0 Å². The topological polar surface area (TPSA) is 12.0 Å². The fraction of sp³-hybridized carbons (Fsp3) is 0.647. The Morgan fingerprint density at radius 3 is 2.79 bits per heavy atom. The molecule has 0 bridgehead atoms. The van der Waals surface area contributed by atoms with Crippen LogP contribution in [-0.4, -0.2) is 6.04 Å². The van der Waals surface area contributed by atoms with Crippen molar-refractivity contribution in [3.05, 3.63) is 29.6 Å². The van der Waals surface area contributed by atoms with Crippen molar-refractivity contribution >= 4 is 5.69 Å². The van der Waals surface area contributed by atoms with Crippen LogP contribution in [0.3, 0.4) is 0 Å². The lowest BCUT2D eigenvalue weighted by Crippen LogP contribution is -2.20. The van der Waals surface area contributed by atoms with Crippen LogP contribution in [0.15, 0.2) is 18.2 Å². The zero-order valence-corrected chi connectivity index (χ0v) is 12.2. The molecule has 1 nitrogen and oxygen atoms in total. The van der Waals surface area contributed by atoms with Gasteiger partial charge in [-0.05, 0) is 43.7 Å². The maximum absolute atomic E-state index is 13.8. The maximum Gasteiger partial charge on any atom is 0.146 e. The molecule has 1 fully saturated rings. The number of hydrogen-bond acceptors (Lipinski definition) is 1. The normalized spacial score (nSPS) is 23.9. The molecule has 0 aliphatic heterocycles. The van der Waals surface area contributed by atoms with Crippen LogP contribution in [0, 0.1) is 18.7 Å². The number of halogens is 1. The lowest BCUT2D eigenvalue weighted by Gasteiger charge is -2.20. The Morgan fingerprint density at radius 1 is 1.21 bits per heavy atom. The smallest absolute Gasteiger partial charge is 0.146 e. The van der Waals surface area contributed by atoms with Crippen LogP contribution in [0.4, 0.5) is 10.1 Å². The third-order valence-corrected chi connectivity index (χ3v) is 4.36. The summed E-state index contributed by atoms with van der Waals surface area (Å²) in [5.74, 6) is 0.771. The van der Waals surface area contributed by atoms with Crippen molar-refractivity contribution in [1.82, 2.24) is 0 Å². The first-order valence-electron chi connectivity index (χ1n) is 7.72. The van der Waals surface area contributed by atoms with Crippen molar-refractivity contribution in [2.75, 3.05) is 5.32 Å². The molecule has 1 aliphatic rings. The summed E-state index contributed by atoms with van der Waals surface area (Å²) in [6.45, 7) is 4.24. The molecule has 1 aromatic carbocycles. The molecule has 0 saturated heterocycles. The minimum Gasteiger partial charge on any atom is -0.380 e. The Balaban J connectivity index is 1.96. The average molecular weight is 263 g/mol. The fourth-order valence-corrected chi connectivity index (χ4v) is 3.24. The Labute approximate surface area is 116 Å². The van der Waals surface area contributed by atoms with Gasteiger partial charge < -0.3 is 5.32 Å². The molecule has 1 N–H and O–H groups in total. The highest BCUT2D eigenvalue weighted by Crippen LogP contribution is 2.29. The van der Waals surface area contributed by atoms with E-state index in [4.69, 9.17) is 0 Å². The summed E-state index contributed by atoms with van der Waals surface area (Å²) in [5.41, 5.74) is 1.72. The molecular weight excluding hydrogens is 237 g/mol. The largest absolute Gasteiger partial charge is 0.380 e. The van der Waals surface area contributed by atoms with Gasteiger partial charge >= 0.3 is 0 Å². The first-order chi connectivity index (χ1) is 9.20. The summed E-state index contributed by atoms with van der Waals surface area (Å²) < 4.78 is 13.8. The van der Waals surface area contributed by atoms with Crippen molar-refractivity contribution in [2.24, 2.45) is 5.92 Å². The van der Waals surface area contributed by atoms with E-state index in [-0.39, 0.29) is 5.82 Å². The molecular formula is C17H26FN. The van der Waals surface area contributed by atoms with E-state index in [9.17, 15) is 4.39 Å². The second kappa shape index (κ2) is 6.93. The third-order valence-electron chi connectivity index (χ3n) is 4.36. The van der Waals surface area contributed by atoms with Crippen LogP contribution in [0.2, 0.25) is 0 Å². The van der Waals surface area contributed by atoms with E-state index in [0.29, 0.717) is 11.7 Å². The van der Waals surface area contributed by atoms with Gasteiger partial charge in [-0.25, -0.2) is 4.39 Å². The van der Waals surface area contributed by atoms with Gasteiger partial charge in [-0.3, -0.25) is 0 Å². The molecule has 1 aliphatic carbocycles. The number of aryl methyl sites for hydroxylation is 1. The van der Waals surface area contributed by atoms with E-state index < -0.39 is 0 Å². The van der Waals surface area contributed by atoms with Gasteiger partial charge in [-0.2, -0.15) is 0 Å². The quantitative estimate of drug-likeness (QED) is 0.727. The lowest BCUT2D eigenvalue weighted by atomic mass is 9.95. The van der Waals surface area contributed by atoms with Gasteiger partial charge in [0.2, 0.25) is 0 Å². The Bertz CT molecular complexity index is 382. The highest BCUT2D eigenvalue weighted by molar-refractivity contribution is 5.52. The summed E-state index contributed by atoms with van der Waals surface area (Å²) in [4.78, 5) is 0. The second-order valence-electron chi connectivity index (χ2n) is 5.94. The molecule has 2 rings (SSSR count). The summed E-state index contributed by atoms with van der Waals surface area (Å²) in [7, 11) is 0. The number of hydrogen-bond donors (Lipinski definition) is 1. The van der Waals surface area contributed by atoms with E-state index in [1.807, 2.05) is 13.0 Å². The van der Waals surface area contributed by atoms with Gasteiger partial charge in [-0.15, -0.1) is 0 Å². The average Bonchev–Trinajstić information content (AvgIpc) is 2.60. The standard InChI is InChI=1S/C17H26FN/c1-3-6-14-8-5-9-15(12-11-14)19-17-13(2)7-4-10-16(17)18/h4,7,10,14-15,19H,3,5-6,8-9,11-12H2,1-2H3. The van der Waals surface area contributed by atoms with Crippen molar-refractivity contribution < 1.29 is 4.39 Å².